The summed E-state index contributed by atoms with van der Waals surface area (Å²) in [5.41, 5.74) is 4.08. The summed E-state index contributed by atoms with van der Waals surface area (Å²) in [7, 11) is 0. The van der Waals surface area contributed by atoms with E-state index in [9.17, 15) is 0 Å². The van der Waals surface area contributed by atoms with Crippen LogP contribution in [0.5, 0.6) is 0 Å². The first-order valence-corrected chi connectivity index (χ1v) is 8.90. The molecule has 2 aromatic rings. The average Bonchev–Trinajstić information content (AvgIpc) is 2.94. The summed E-state index contributed by atoms with van der Waals surface area (Å²) < 4.78 is 0. The fourth-order valence-corrected chi connectivity index (χ4v) is 4.09. The van der Waals surface area contributed by atoms with E-state index in [2.05, 4.69) is 53.8 Å². The van der Waals surface area contributed by atoms with Crippen LogP contribution >= 0.6 is 23.4 Å². The molecule has 0 radical (unpaired) electrons. The van der Waals surface area contributed by atoms with Crippen molar-refractivity contribution in [3.05, 3.63) is 59.7 Å². The van der Waals surface area contributed by atoms with Gasteiger partial charge in [0.2, 0.25) is 0 Å². The largest absolute Gasteiger partial charge is 0.384 e. The minimum Gasteiger partial charge on any atom is -0.384 e. The van der Waals surface area contributed by atoms with Crippen molar-refractivity contribution >= 4 is 29.1 Å². The van der Waals surface area contributed by atoms with Gasteiger partial charge in [-0.2, -0.15) is 0 Å². The lowest BCUT2D eigenvalue weighted by molar-refractivity contribution is 0.896. The third-order valence-corrected chi connectivity index (χ3v) is 5.36. The van der Waals surface area contributed by atoms with E-state index in [4.69, 9.17) is 11.6 Å². The Hall–Kier alpha value is -1.12. The fraction of sp³-hybridized carbons (Fsp3) is 0.333. The molecule has 3 heteroatoms. The van der Waals surface area contributed by atoms with Crippen LogP contribution in [0.15, 0.2) is 53.4 Å². The summed E-state index contributed by atoms with van der Waals surface area (Å²) in [6.07, 6.45) is 3.27. The van der Waals surface area contributed by atoms with Gasteiger partial charge in [-0.25, -0.2) is 0 Å². The van der Waals surface area contributed by atoms with E-state index in [1.807, 2.05) is 11.8 Å². The summed E-state index contributed by atoms with van der Waals surface area (Å²) in [5.74, 6) is 0.731. The molecule has 0 bridgehead atoms. The van der Waals surface area contributed by atoms with E-state index in [0.717, 1.165) is 25.3 Å². The quantitative estimate of drug-likeness (QED) is 0.753. The van der Waals surface area contributed by atoms with E-state index in [0.29, 0.717) is 5.25 Å². The van der Waals surface area contributed by atoms with E-state index in [-0.39, 0.29) is 0 Å². The first kappa shape index (κ1) is 14.8. The lowest BCUT2D eigenvalue weighted by atomic mass is 10.1. The molecule has 1 aliphatic heterocycles. The SMILES string of the molecule is ClCCCc1cccc(NCC2Cc3ccccc3S2)c1. The zero-order valence-corrected chi connectivity index (χ0v) is 13.6. The lowest BCUT2D eigenvalue weighted by Crippen LogP contribution is -2.15. The molecule has 1 N–H and O–H groups in total. The molecule has 1 aliphatic rings. The van der Waals surface area contributed by atoms with Crippen molar-refractivity contribution in [2.75, 3.05) is 17.7 Å². The fourth-order valence-electron chi connectivity index (χ4n) is 2.71. The Morgan fingerprint density at radius 2 is 2.05 bits per heavy atom. The monoisotopic (exact) mass is 317 g/mol. The van der Waals surface area contributed by atoms with Gasteiger partial charge in [-0.15, -0.1) is 23.4 Å². The molecular formula is C18H20ClNS. The molecule has 21 heavy (non-hydrogen) atoms. The van der Waals surface area contributed by atoms with Crippen molar-refractivity contribution in [1.29, 1.82) is 0 Å². The van der Waals surface area contributed by atoms with Gasteiger partial charge in [0.1, 0.15) is 0 Å². The van der Waals surface area contributed by atoms with Crippen molar-refractivity contribution in [1.82, 2.24) is 0 Å². The van der Waals surface area contributed by atoms with Crippen LogP contribution in [0.1, 0.15) is 17.5 Å². The predicted molar refractivity (Wildman–Crippen MR) is 93.8 cm³/mol. The standard InChI is InChI=1S/C18H20ClNS/c19-10-4-6-14-5-3-8-16(11-14)20-13-17-12-15-7-1-2-9-18(15)21-17/h1-3,5,7-9,11,17,20H,4,6,10,12-13H2. The van der Waals surface area contributed by atoms with Crippen LogP contribution < -0.4 is 5.32 Å². The molecule has 0 saturated carbocycles. The summed E-state index contributed by atoms with van der Waals surface area (Å²) in [4.78, 5) is 1.44. The Balaban J connectivity index is 1.54. The minimum atomic E-state index is 0.633. The number of halogens is 1. The van der Waals surface area contributed by atoms with Crippen LogP contribution in [0, 0.1) is 0 Å². The minimum absolute atomic E-state index is 0.633. The van der Waals surface area contributed by atoms with E-state index in [1.165, 1.54) is 28.1 Å². The molecule has 0 aromatic heterocycles. The average molecular weight is 318 g/mol. The van der Waals surface area contributed by atoms with Gasteiger partial charge in [-0.1, -0.05) is 30.3 Å². The molecule has 0 spiro atoms. The number of rotatable bonds is 6. The third-order valence-electron chi connectivity index (χ3n) is 3.77. The molecular weight excluding hydrogens is 298 g/mol. The van der Waals surface area contributed by atoms with Crippen LogP contribution in [0.4, 0.5) is 5.69 Å². The highest BCUT2D eigenvalue weighted by molar-refractivity contribution is 8.00. The number of alkyl halides is 1. The van der Waals surface area contributed by atoms with Crippen molar-refractivity contribution in [2.45, 2.75) is 29.4 Å². The Bertz CT molecular complexity index is 574. The van der Waals surface area contributed by atoms with Crippen LogP contribution in [-0.4, -0.2) is 17.7 Å². The molecule has 1 atom stereocenters. The molecule has 0 saturated heterocycles. The molecule has 110 valence electrons. The normalized spacial score (nSPS) is 16.7. The molecule has 1 unspecified atom stereocenters. The lowest BCUT2D eigenvalue weighted by Gasteiger charge is -2.12. The number of benzene rings is 2. The van der Waals surface area contributed by atoms with Crippen molar-refractivity contribution in [2.24, 2.45) is 0 Å². The maximum Gasteiger partial charge on any atom is 0.0343 e. The van der Waals surface area contributed by atoms with Gasteiger partial charge < -0.3 is 5.32 Å². The Labute approximate surface area is 136 Å². The van der Waals surface area contributed by atoms with Crippen molar-refractivity contribution < 1.29 is 0 Å². The van der Waals surface area contributed by atoms with Gasteiger partial charge in [-0.3, -0.25) is 0 Å². The summed E-state index contributed by atoms with van der Waals surface area (Å²) in [5, 5.41) is 4.22. The number of nitrogens with one attached hydrogen (secondary N) is 1. The molecule has 0 fully saturated rings. The molecule has 1 heterocycles. The second kappa shape index (κ2) is 7.24. The highest BCUT2D eigenvalue weighted by atomic mass is 35.5. The molecule has 0 amide bonds. The maximum atomic E-state index is 5.76. The number of anilines is 1. The maximum absolute atomic E-state index is 5.76. The van der Waals surface area contributed by atoms with Crippen LogP contribution in [0.25, 0.3) is 0 Å². The van der Waals surface area contributed by atoms with Gasteiger partial charge in [-0.05, 0) is 48.6 Å². The predicted octanol–water partition coefficient (Wildman–Crippen LogP) is 4.99. The zero-order chi connectivity index (χ0) is 14.5. The second-order valence-electron chi connectivity index (χ2n) is 5.43. The smallest absolute Gasteiger partial charge is 0.0343 e. The Morgan fingerprint density at radius 3 is 2.90 bits per heavy atom. The first-order chi connectivity index (χ1) is 10.3. The number of hydrogen-bond acceptors (Lipinski definition) is 2. The molecule has 0 aliphatic carbocycles. The van der Waals surface area contributed by atoms with Gasteiger partial charge >= 0.3 is 0 Å². The van der Waals surface area contributed by atoms with Gasteiger partial charge in [0.05, 0.1) is 0 Å². The topological polar surface area (TPSA) is 12.0 Å². The van der Waals surface area contributed by atoms with Gasteiger partial charge in [0, 0.05) is 28.3 Å². The first-order valence-electron chi connectivity index (χ1n) is 7.48. The van der Waals surface area contributed by atoms with E-state index >= 15 is 0 Å². The van der Waals surface area contributed by atoms with Crippen LogP contribution in [-0.2, 0) is 12.8 Å². The van der Waals surface area contributed by atoms with Crippen LogP contribution in [0.3, 0.4) is 0 Å². The van der Waals surface area contributed by atoms with Crippen molar-refractivity contribution in [3.63, 3.8) is 0 Å². The number of thioether (sulfide) groups is 1. The van der Waals surface area contributed by atoms with Gasteiger partial charge in [0.25, 0.3) is 0 Å². The van der Waals surface area contributed by atoms with E-state index in [1.54, 1.807) is 0 Å². The Kier molecular flexibility index (Phi) is 5.10. The van der Waals surface area contributed by atoms with E-state index < -0.39 is 0 Å². The highest BCUT2D eigenvalue weighted by Gasteiger charge is 2.21. The second-order valence-corrected chi connectivity index (χ2v) is 7.15. The summed E-state index contributed by atoms with van der Waals surface area (Å²) in [6, 6.07) is 17.4. The van der Waals surface area contributed by atoms with Crippen molar-refractivity contribution in [3.8, 4) is 0 Å². The highest BCUT2D eigenvalue weighted by Crippen LogP contribution is 2.36. The third kappa shape index (κ3) is 3.96. The molecule has 1 nitrogen and oxygen atoms in total. The molecule has 3 rings (SSSR count). The summed E-state index contributed by atoms with van der Waals surface area (Å²) >= 11 is 7.76. The van der Waals surface area contributed by atoms with Gasteiger partial charge in [0.15, 0.2) is 0 Å². The number of aryl methyl sites for hydroxylation is 1. The Morgan fingerprint density at radius 1 is 1.14 bits per heavy atom. The van der Waals surface area contributed by atoms with Crippen LogP contribution in [0.2, 0.25) is 0 Å². The number of hydrogen-bond donors (Lipinski definition) is 1. The summed E-state index contributed by atoms with van der Waals surface area (Å²) in [6.45, 7) is 1.01. The number of fused-ring (bicyclic) bond motifs is 1. The zero-order valence-electron chi connectivity index (χ0n) is 12.0. The molecule has 2 aromatic carbocycles.